The Morgan fingerprint density at radius 3 is 2.17 bits per heavy atom. The van der Waals surface area contributed by atoms with Crippen LogP contribution in [0.15, 0.2) is 78.9 Å². The van der Waals surface area contributed by atoms with E-state index in [1.54, 1.807) is 31.2 Å². The van der Waals surface area contributed by atoms with Crippen molar-refractivity contribution in [3.63, 3.8) is 0 Å². The van der Waals surface area contributed by atoms with Crippen molar-refractivity contribution < 1.29 is 14.3 Å². The number of hydrogen-bond donors (Lipinski definition) is 2. The Labute approximate surface area is 177 Å². The molecule has 0 aliphatic heterocycles. The van der Waals surface area contributed by atoms with Gasteiger partial charge in [-0.15, -0.1) is 0 Å². The van der Waals surface area contributed by atoms with E-state index in [1.807, 2.05) is 68.4 Å². The van der Waals surface area contributed by atoms with Gasteiger partial charge in [0.25, 0.3) is 11.8 Å². The third-order valence-corrected chi connectivity index (χ3v) is 4.78. The minimum atomic E-state index is -0.716. The van der Waals surface area contributed by atoms with E-state index in [0.29, 0.717) is 17.0 Å². The summed E-state index contributed by atoms with van der Waals surface area (Å²) in [5, 5.41) is 5.79. The molecular weight excluding hydrogens is 376 g/mol. The maximum Gasteiger partial charge on any atom is 0.265 e. The molecule has 3 aromatic carbocycles. The predicted octanol–water partition coefficient (Wildman–Crippen LogP) is 4.89. The Morgan fingerprint density at radius 2 is 1.47 bits per heavy atom. The molecule has 0 aliphatic rings. The van der Waals surface area contributed by atoms with Crippen LogP contribution in [0.4, 0.5) is 5.69 Å². The van der Waals surface area contributed by atoms with Crippen LogP contribution in [0.3, 0.4) is 0 Å². The summed E-state index contributed by atoms with van der Waals surface area (Å²) in [5.74, 6) is 0.0345. The zero-order chi connectivity index (χ0) is 21.5. The van der Waals surface area contributed by atoms with Crippen molar-refractivity contribution in [1.29, 1.82) is 0 Å². The number of amides is 2. The van der Waals surface area contributed by atoms with Crippen LogP contribution in [0.1, 0.15) is 41.4 Å². The second-order valence-electron chi connectivity index (χ2n) is 7.21. The Balaban J connectivity index is 1.67. The van der Waals surface area contributed by atoms with Crippen LogP contribution in [0.25, 0.3) is 0 Å². The van der Waals surface area contributed by atoms with Crippen LogP contribution < -0.4 is 15.4 Å². The lowest BCUT2D eigenvalue weighted by atomic mass is 10.1. The van der Waals surface area contributed by atoms with E-state index in [4.69, 9.17) is 4.74 Å². The van der Waals surface area contributed by atoms with Crippen molar-refractivity contribution in [1.82, 2.24) is 5.32 Å². The maximum absolute atomic E-state index is 12.8. The van der Waals surface area contributed by atoms with Crippen LogP contribution in [0, 0.1) is 6.92 Å². The summed E-state index contributed by atoms with van der Waals surface area (Å²) < 4.78 is 5.71. The Morgan fingerprint density at radius 1 is 0.833 bits per heavy atom. The van der Waals surface area contributed by atoms with Gasteiger partial charge in [0.05, 0.1) is 17.3 Å². The third kappa shape index (κ3) is 5.47. The number of ether oxygens (including phenoxy) is 1. The van der Waals surface area contributed by atoms with Gasteiger partial charge in [-0.05, 0) is 50.6 Å². The highest BCUT2D eigenvalue weighted by Gasteiger charge is 2.19. The molecule has 0 bridgehead atoms. The molecule has 0 saturated heterocycles. The lowest BCUT2D eigenvalue weighted by Crippen LogP contribution is -2.32. The number of benzene rings is 3. The monoisotopic (exact) mass is 402 g/mol. The molecule has 0 spiro atoms. The van der Waals surface area contributed by atoms with Gasteiger partial charge in [0.1, 0.15) is 5.75 Å². The lowest BCUT2D eigenvalue weighted by molar-refractivity contribution is -0.122. The second-order valence-corrected chi connectivity index (χ2v) is 7.21. The largest absolute Gasteiger partial charge is 0.481 e. The first kappa shape index (κ1) is 21.1. The maximum atomic E-state index is 12.8. The van der Waals surface area contributed by atoms with Crippen LogP contribution in [0.2, 0.25) is 0 Å². The molecule has 2 N–H and O–H groups in total. The quantitative estimate of drug-likeness (QED) is 0.591. The summed E-state index contributed by atoms with van der Waals surface area (Å²) in [5.41, 5.74) is 2.97. The van der Waals surface area contributed by atoms with Gasteiger partial charge in [-0.1, -0.05) is 60.2 Å². The average Bonchev–Trinajstić information content (AvgIpc) is 2.76. The van der Waals surface area contributed by atoms with E-state index < -0.39 is 6.10 Å². The molecule has 0 aromatic heterocycles. The standard InChI is InChI=1S/C25H26N2O3/c1-17-13-15-21(16-14-17)30-19(3)24(28)27-23-12-8-7-11-22(23)25(29)26-18(2)20-9-5-4-6-10-20/h4-16,18-19H,1-3H3,(H,26,29)(H,27,28)/t18-,19-/m1/s1. The van der Waals surface area contributed by atoms with E-state index in [2.05, 4.69) is 10.6 Å². The van der Waals surface area contributed by atoms with Gasteiger partial charge in [-0.3, -0.25) is 9.59 Å². The summed E-state index contributed by atoms with van der Waals surface area (Å²) in [6.45, 7) is 5.59. The molecule has 5 nitrogen and oxygen atoms in total. The van der Waals surface area contributed by atoms with E-state index in [1.165, 1.54) is 0 Å². The molecular formula is C25H26N2O3. The zero-order valence-electron chi connectivity index (χ0n) is 17.4. The molecule has 3 aromatic rings. The number of aryl methyl sites for hydroxylation is 1. The minimum absolute atomic E-state index is 0.161. The van der Waals surface area contributed by atoms with Gasteiger partial charge >= 0.3 is 0 Å². The minimum Gasteiger partial charge on any atom is -0.481 e. The molecule has 0 heterocycles. The van der Waals surface area contributed by atoms with Gasteiger partial charge in [-0.25, -0.2) is 0 Å². The summed E-state index contributed by atoms with van der Waals surface area (Å²) in [7, 11) is 0. The number of carbonyl (C=O) groups excluding carboxylic acids is 2. The van der Waals surface area contributed by atoms with Crippen LogP contribution in [-0.2, 0) is 4.79 Å². The van der Waals surface area contributed by atoms with Crippen LogP contribution in [0.5, 0.6) is 5.75 Å². The number of hydrogen-bond acceptors (Lipinski definition) is 3. The summed E-state index contributed by atoms with van der Waals surface area (Å²) >= 11 is 0. The van der Waals surface area contributed by atoms with Gasteiger partial charge in [-0.2, -0.15) is 0 Å². The highest BCUT2D eigenvalue weighted by Crippen LogP contribution is 2.19. The molecule has 30 heavy (non-hydrogen) atoms. The van der Waals surface area contributed by atoms with E-state index in [9.17, 15) is 9.59 Å². The van der Waals surface area contributed by atoms with Crippen molar-refractivity contribution in [3.05, 3.63) is 95.6 Å². The molecule has 0 saturated carbocycles. The first-order valence-electron chi connectivity index (χ1n) is 9.93. The SMILES string of the molecule is Cc1ccc(O[C@H](C)C(=O)Nc2ccccc2C(=O)N[C@H](C)c2ccccc2)cc1. The average molecular weight is 402 g/mol. The van der Waals surface area contributed by atoms with Crippen molar-refractivity contribution >= 4 is 17.5 Å². The van der Waals surface area contributed by atoms with Crippen molar-refractivity contribution in [2.24, 2.45) is 0 Å². The normalized spacial score (nSPS) is 12.5. The Bertz CT molecular complexity index is 1000. The van der Waals surface area contributed by atoms with Gasteiger partial charge < -0.3 is 15.4 Å². The summed E-state index contributed by atoms with van der Waals surface area (Å²) in [6, 6.07) is 24.0. The van der Waals surface area contributed by atoms with E-state index in [-0.39, 0.29) is 17.9 Å². The van der Waals surface area contributed by atoms with Gasteiger partial charge in [0, 0.05) is 0 Å². The van der Waals surface area contributed by atoms with E-state index in [0.717, 1.165) is 11.1 Å². The second kappa shape index (κ2) is 9.74. The van der Waals surface area contributed by atoms with Crippen LogP contribution >= 0.6 is 0 Å². The summed E-state index contributed by atoms with van der Waals surface area (Å²) in [6.07, 6.45) is -0.716. The topological polar surface area (TPSA) is 67.4 Å². The fourth-order valence-corrected chi connectivity index (χ4v) is 3.00. The molecule has 2 amide bonds. The number of para-hydroxylation sites is 1. The number of carbonyl (C=O) groups is 2. The molecule has 154 valence electrons. The predicted molar refractivity (Wildman–Crippen MR) is 119 cm³/mol. The first-order chi connectivity index (χ1) is 14.4. The third-order valence-electron chi connectivity index (χ3n) is 4.78. The molecule has 3 rings (SSSR count). The molecule has 5 heteroatoms. The lowest BCUT2D eigenvalue weighted by Gasteiger charge is -2.18. The summed E-state index contributed by atoms with van der Waals surface area (Å²) in [4.78, 5) is 25.5. The highest BCUT2D eigenvalue weighted by molar-refractivity contribution is 6.04. The van der Waals surface area contributed by atoms with Crippen molar-refractivity contribution in [3.8, 4) is 5.75 Å². The van der Waals surface area contributed by atoms with Crippen LogP contribution in [-0.4, -0.2) is 17.9 Å². The number of nitrogens with one attached hydrogen (secondary N) is 2. The fraction of sp³-hybridized carbons (Fsp3) is 0.200. The molecule has 2 atom stereocenters. The molecule has 0 fully saturated rings. The smallest absolute Gasteiger partial charge is 0.265 e. The molecule has 0 aliphatic carbocycles. The van der Waals surface area contributed by atoms with Crippen molar-refractivity contribution in [2.45, 2.75) is 32.9 Å². The fourth-order valence-electron chi connectivity index (χ4n) is 3.00. The number of anilines is 1. The van der Waals surface area contributed by atoms with E-state index >= 15 is 0 Å². The molecule has 0 radical (unpaired) electrons. The first-order valence-corrected chi connectivity index (χ1v) is 9.93. The highest BCUT2D eigenvalue weighted by atomic mass is 16.5. The Hall–Kier alpha value is -3.60. The van der Waals surface area contributed by atoms with Gasteiger partial charge in [0.15, 0.2) is 6.10 Å². The molecule has 0 unspecified atom stereocenters. The Kier molecular flexibility index (Phi) is 6.86. The van der Waals surface area contributed by atoms with Crippen molar-refractivity contribution in [2.75, 3.05) is 5.32 Å². The zero-order valence-corrected chi connectivity index (χ0v) is 17.4. The van der Waals surface area contributed by atoms with Gasteiger partial charge in [0.2, 0.25) is 0 Å². The number of rotatable bonds is 7.